The Morgan fingerprint density at radius 3 is 1.40 bits per heavy atom. The zero-order chi connectivity index (χ0) is 33.3. The van der Waals surface area contributed by atoms with E-state index in [2.05, 4.69) is 216 Å². The monoisotopic (exact) mass is 638 g/mol. The van der Waals surface area contributed by atoms with Crippen molar-refractivity contribution in [2.75, 3.05) is 4.90 Å². The van der Waals surface area contributed by atoms with E-state index in [0.29, 0.717) is 0 Å². The summed E-state index contributed by atoms with van der Waals surface area (Å²) in [4.78, 5) is 2.35. The first-order chi connectivity index (χ1) is 24.8. The molecule has 0 saturated heterocycles. The number of nitrogens with zero attached hydrogens (tertiary/aromatic N) is 2. The molecule has 0 fully saturated rings. The SMILES string of the molecule is c1ccc(-c2ccccc2N(c2ccccc2)c2ccc(-c3ccc(-c4ccccc4-n4c5ccccc5c5ccccc54)cc3)cc2)cc1. The Balaban J connectivity index is 1.07. The molecule has 0 spiro atoms. The molecule has 0 radical (unpaired) electrons. The van der Waals surface area contributed by atoms with Gasteiger partial charge in [-0.05, 0) is 70.8 Å². The first-order valence-electron chi connectivity index (χ1n) is 17.1. The quantitative estimate of drug-likeness (QED) is 0.169. The van der Waals surface area contributed by atoms with E-state index >= 15 is 0 Å². The molecule has 2 heteroatoms. The van der Waals surface area contributed by atoms with E-state index in [0.717, 1.165) is 17.1 Å². The van der Waals surface area contributed by atoms with Gasteiger partial charge in [-0.15, -0.1) is 0 Å². The van der Waals surface area contributed by atoms with E-state index in [1.165, 1.54) is 60.9 Å². The molecule has 2 nitrogen and oxygen atoms in total. The fraction of sp³-hybridized carbons (Fsp3) is 0. The molecule has 0 unspecified atom stereocenters. The largest absolute Gasteiger partial charge is 0.310 e. The number of fused-ring (bicyclic) bond motifs is 3. The number of para-hydroxylation sites is 5. The second-order valence-electron chi connectivity index (χ2n) is 12.6. The lowest BCUT2D eigenvalue weighted by atomic mass is 9.98. The van der Waals surface area contributed by atoms with Gasteiger partial charge in [0.25, 0.3) is 0 Å². The molecular weight excluding hydrogens is 605 g/mol. The molecule has 236 valence electrons. The molecule has 0 N–H and O–H groups in total. The van der Waals surface area contributed by atoms with Crippen molar-refractivity contribution in [1.29, 1.82) is 0 Å². The van der Waals surface area contributed by atoms with Crippen LogP contribution in [0.5, 0.6) is 0 Å². The van der Waals surface area contributed by atoms with Crippen LogP contribution in [0.15, 0.2) is 206 Å². The molecule has 0 aliphatic carbocycles. The average molecular weight is 639 g/mol. The second-order valence-corrected chi connectivity index (χ2v) is 12.6. The van der Waals surface area contributed by atoms with Crippen LogP contribution >= 0.6 is 0 Å². The zero-order valence-electron chi connectivity index (χ0n) is 27.5. The second kappa shape index (κ2) is 12.8. The van der Waals surface area contributed by atoms with Gasteiger partial charge < -0.3 is 9.47 Å². The van der Waals surface area contributed by atoms with Gasteiger partial charge in [-0.2, -0.15) is 0 Å². The van der Waals surface area contributed by atoms with Gasteiger partial charge in [-0.25, -0.2) is 0 Å². The lowest BCUT2D eigenvalue weighted by Crippen LogP contribution is -2.11. The predicted octanol–water partition coefficient (Wildman–Crippen LogP) is 13.3. The lowest BCUT2D eigenvalue weighted by molar-refractivity contribution is 1.18. The molecule has 9 aromatic rings. The van der Waals surface area contributed by atoms with Crippen molar-refractivity contribution in [2.45, 2.75) is 0 Å². The van der Waals surface area contributed by atoms with Crippen LogP contribution in [0.3, 0.4) is 0 Å². The third-order valence-corrected chi connectivity index (χ3v) is 9.62. The summed E-state index contributed by atoms with van der Waals surface area (Å²) >= 11 is 0. The summed E-state index contributed by atoms with van der Waals surface area (Å²) in [7, 11) is 0. The molecule has 50 heavy (non-hydrogen) atoms. The number of hydrogen-bond acceptors (Lipinski definition) is 1. The van der Waals surface area contributed by atoms with Gasteiger partial charge in [0.1, 0.15) is 0 Å². The highest BCUT2D eigenvalue weighted by Crippen LogP contribution is 2.41. The Kier molecular flexibility index (Phi) is 7.53. The smallest absolute Gasteiger partial charge is 0.0541 e. The first kappa shape index (κ1) is 29.5. The minimum atomic E-state index is 1.11. The molecule has 0 saturated carbocycles. The first-order valence-corrected chi connectivity index (χ1v) is 17.1. The molecule has 0 aliphatic rings. The summed E-state index contributed by atoms with van der Waals surface area (Å²) in [6.45, 7) is 0. The van der Waals surface area contributed by atoms with Crippen molar-refractivity contribution in [1.82, 2.24) is 4.57 Å². The van der Waals surface area contributed by atoms with E-state index in [1.807, 2.05) is 0 Å². The summed E-state index contributed by atoms with van der Waals surface area (Å²) in [6.07, 6.45) is 0. The molecule has 0 aliphatic heterocycles. The van der Waals surface area contributed by atoms with E-state index < -0.39 is 0 Å². The van der Waals surface area contributed by atoms with E-state index in [-0.39, 0.29) is 0 Å². The van der Waals surface area contributed by atoms with Gasteiger partial charge in [-0.3, -0.25) is 0 Å². The number of benzene rings is 8. The molecule has 1 aromatic heterocycles. The lowest BCUT2D eigenvalue weighted by Gasteiger charge is -2.28. The number of rotatable bonds is 7. The predicted molar refractivity (Wildman–Crippen MR) is 212 cm³/mol. The maximum absolute atomic E-state index is 2.40. The normalized spacial score (nSPS) is 11.2. The van der Waals surface area contributed by atoms with E-state index in [9.17, 15) is 0 Å². The highest BCUT2D eigenvalue weighted by atomic mass is 15.1. The van der Waals surface area contributed by atoms with Crippen LogP contribution in [0.1, 0.15) is 0 Å². The van der Waals surface area contributed by atoms with Crippen LogP contribution in [-0.4, -0.2) is 4.57 Å². The van der Waals surface area contributed by atoms with Crippen LogP contribution in [0.25, 0.3) is 60.9 Å². The van der Waals surface area contributed by atoms with Crippen molar-refractivity contribution in [3.05, 3.63) is 206 Å². The van der Waals surface area contributed by atoms with Gasteiger partial charge in [0.2, 0.25) is 0 Å². The molecule has 8 aromatic carbocycles. The highest BCUT2D eigenvalue weighted by Gasteiger charge is 2.18. The fourth-order valence-corrected chi connectivity index (χ4v) is 7.27. The molecule has 9 rings (SSSR count). The fourth-order valence-electron chi connectivity index (χ4n) is 7.27. The zero-order valence-corrected chi connectivity index (χ0v) is 27.5. The topological polar surface area (TPSA) is 8.17 Å². The van der Waals surface area contributed by atoms with Gasteiger partial charge >= 0.3 is 0 Å². The molecular formula is C48H34N2. The third-order valence-electron chi connectivity index (χ3n) is 9.62. The minimum Gasteiger partial charge on any atom is -0.310 e. The highest BCUT2D eigenvalue weighted by molar-refractivity contribution is 6.09. The summed E-state index contributed by atoms with van der Waals surface area (Å²) in [5, 5.41) is 2.54. The van der Waals surface area contributed by atoms with Crippen molar-refractivity contribution < 1.29 is 0 Å². The minimum absolute atomic E-state index is 1.11. The van der Waals surface area contributed by atoms with Gasteiger partial charge in [-0.1, -0.05) is 158 Å². The van der Waals surface area contributed by atoms with Gasteiger partial charge in [0.05, 0.1) is 22.4 Å². The molecule has 0 amide bonds. The third kappa shape index (κ3) is 5.24. The van der Waals surface area contributed by atoms with Crippen molar-refractivity contribution >= 4 is 38.9 Å². The Labute approximate surface area is 292 Å². The standard InChI is InChI=1S/C48H34N2/c1-3-15-37(16-4-1)41-19-7-11-23-45(41)49(39-17-5-2-6-18-39)40-33-31-36(32-34-40)35-27-29-38(30-28-35)42-20-8-12-24-46(42)50-47-25-13-9-21-43(47)44-22-10-14-26-48(44)50/h1-34H. The van der Waals surface area contributed by atoms with Crippen molar-refractivity contribution in [2.24, 2.45) is 0 Å². The summed E-state index contributed by atoms with van der Waals surface area (Å²) in [6, 6.07) is 73.9. The molecule has 0 bridgehead atoms. The number of aromatic nitrogens is 1. The summed E-state index contributed by atoms with van der Waals surface area (Å²) in [5.74, 6) is 0. The van der Waals surface area contributed by atoms with Gasteiger partial charge in [0.15, 0.2) is 0 Å². The Hall–Kier alpha value is -6.64. The Bertz CT molecular complexity index is 2510. The van der Waals surface area contributed by atoms with E-state index in [4.69, 9.17) is 0 Å². The average Bonchev–Trinajstić information content (AvgIpc) is 3.54. The Morgan fingerprint density at radius 2 is 0.740 bits per heavy atom. The van der Waals surface area contributed by atoms with Crippen LogP contribution in [0, 0.1) is 0 Å². The Morgan fingerprint density at radius 1 is 0.300 bits per heavy atom. The molecule has 0 atom stereocenters. The van der Waals surface area contributed by atoms with E-state index in [1.54, 1.807) is 0 Å². The molecule has 1 heterocycles. The summed E-state index contributed by atoms with van der Waals surface area (Å²) < 4.78 is 2.40. The van der Waals surface area contributed by atoms with Crippen LogP contribution in [-0.2, 0) is 0 Å². The maximum atomic E-state index is 2.40. The van der Waals surface area contributed by atoms with Crippen molar-refractivity contribution in [3.63, 3.8) is 0 Å². The maximum Gasteiger partial charge on any atom is 0.0541 e. The van der Waals surface area contributed by atoms with Gasteiger partial charge in [0, 0.05) is 33.3 Å². The van der Waals surface area contributed by atoms with Crippen LogP contribution < -0.4 is 4.90 Å². The number of hydrogen-bond donors (Lipinski definition) is 0. The number of anilines is 3. The van der Waals surface area contributed by atoms with Crippen LogP contribution in [0.2, 0.25) is 0 Å². The van der Waals surface area contributed by atoms with Crippen LogP contribution in [0.4, 0.5) is 17.1 Å². The van der Waals surface area contributed by atoms with Crippen molar-refractivity contribution in [3.8, 4) is 39.1 Å². The summed E-state index contributed by atoms with van der Waals surface area (Å²) in [5.41, 5.74) is 14.1.